The summed E-state index contributed by atoms with van der Waals surface area (Å²) in [6, 6.07) is -0.162. The molecule has 0 spiro atoms. The predicted octanol–water partition coefficient (Wildman–Crippen LogP) is 1.14. The second-order valence-electron chi connectivity index (χ2n) is 4.97. The number of carboxylic acid groups (broad SMARTS) is 1. The lowest BCUT2D eigenvalue weighted by Crippen LogP contribution is -2.35. The van der Waals surface area contributed by atoms with Crippen LogP contribution in [0.25, 0.3) is 0 Å². The molecule has 2 rings (SSSR count). The fraction of sp³-hybridized carbons (Fsp3) is 0.357. The average Bonchev–Trinajstić information content (AvgIpc) is 2.79. The second kappa shape index (κ2) is 6.33. The molecule has 0 aliphatic rings. The Morgan fingerprint density at radius 2 is 1.91 bits per heavy atom. The molecule has 116 valence electrons. The van der Waals surface area contributed by atoms with Gasteiger partial charge < -0.3 is 14.9 Å². The van der Waals surface area contributed by atoms with Crippen molar-refractivity contribution >= 4 is 11.9 Å². The van der Waals surface area contributed by atoms with E-state index in [2.05, 4.69) is 20.4 Å². The van der Waals surface area contributed by atoms with Gasteiger partial charge in [0, 0.05) is 11.6 Å². The molecule has 8 nitrogen and oxygen atoms in total. The summed E-state index contributed by atoms with van der Waals surface area (Å²) in [5.41, 5.74) is 1.61. The van der Waals surface area contributed by atoms with E-state index in [-0.39, 0.29) is 17.4 Å². The fourth-order valence-corrected chi connectivity index (χ4v) is 2.00. The molecule has 1 amide bonds. The number of aromatic carboxylic acids is 1. The van der Waals surface area contributed by atoms with Crippen LogP contribution >= 0.6 is 0 Å². The van der Waals surface area contributed by atoms with Crippen molar-refractivity contribution in [3.63, 3.8) is 0 Å². The van der Waals surface area contributed by atoms with Gasteiger partial charge in [-0.25, -0.2) is 14.8 Å². The summed E-state index contributed by atoms with van der Waals surface area (Å²) in [5.74, 6) is -0.876. The van der Waals surface area contributed by atoms with Crippen LogP contribution in [0.15, 0.2) is 16.9 Å². The molecule has 0 radical (unpaired) electrons. The molecule has 2 N–H and O–H groups in total. The zero-order valence-electron chi connectivity index (χ0n) is 12.5. The summed E-state index contributed by atoms with van der Waals surface area (Å²) in [6.07, 6.45) is 2.77. The summed E-state index contributed by atoms with van der Waals surface area (Å²) in [6.45, 7) is 5.51. The van der Waals surface area contributed by atoms with E-state index in [0.29, 0.717) is 6.42 Å². The minimum atomic E-state index is -1.19. The van der Waals surface area contributed by atoms with Crippen LogP contribution in [-0.2, 0) is 6.42 Å². The Kier molecular flexibility index (Phi) is 4.50. The summed E-state index contributed by atoms with van der Waals surface area (Å²) in [7, 11) is 0. The highest BCUT2D eigenvalue weighted by Crippen LogP contribution is 2.14. The van der Waals surface area contributed by atoms with Gasteiger partial charge in [-0.1, -0.05) is 5.16 Å². The van der Waals surface area contributed by atoms with Crippen LogP contribution in [0, 0.1) is 13.8 Å². The molecule has 0 bridgehead atoms. The molecule has 0 aliphatic carbocycles. The largest absolute Gasteiger partial charge is 0.476 e. The van der Waals surface area contributed by atoms with Crippen molar-refractivity contribution < 1.29 is 19.2 Å². The fourth-order valence-electron chi connectivity index (χ4n) is 2.00. The van der Waals surface area contributed by atoms with Crippen LogP contribution in [0.4, 0.5) is 0 Å². The smallest absolute Gasteiger partial charge is 0.356 e. The van der Waals surface area contributed by atoms with Gasteiger partial charge in [0.1, 0.15) is 11.5 Å². The van der Waals surface area contributed by atoms with Crippen molar-refractivity contribution in [2.45, 2.75) is 33.2 Å². The highest BCUT2D eigenvalue weighted by atomic mass is 16.5. The molecule has 0 aliphatic heterocycles. The molecule has 0 aromatic carbocycles. The van der Waals surface area contributed by atoms with E-state index in [1.807, 2.05) is 20.8 Å². The Labute approximate surface area is 126 Å². The first-order chi connectivity index (χ1) is 10.4. The van der Waals surface area contributed by atoms with Crippen molar-refractivity contribution in [3.05, 3.63) is 40.8 Å². The van der Waals surface area contributed by atoms with Crippen molar-refractivity contribution in [1.29, 1.82) is 0 Å². The SMILES string of the molecule is Cc1noc(C)c1CC(C)NC(=O)c1cnc(C(=O)O)cn1. The van der Waals surface area contributed by atoms with Crippen LogP contribution < -0.4 is 5.32 Å². The number of carbonyl (C=O) groups excluding carboxylic acids is 1. The van der Waals surface area contributed by atoms with E-state index >= 15 is 0 Å². The number of aryl methyl sites for hydroxylation is 2. The summed E-state index contributed by atoms with van der Waals surface area (Å²) in [4.78, 5) is 30.2. The maximum absolute atomic E-state index is 12.0. The Morgan fingerprint density at radius 1 is 1.27 bits per heavy atom. The molecule has 0 fully saturated rings. The Bertz CT molecular complexity index is 674. The topological polar surface area (TPSA) is 118 Å². The minimum Gasteiger partial charge on any atom is -0.476 e. The first-order valence-electron chi connectivity index (χ1n) is 6.66. The number of rotatable bonds is 5. The molecule has 0 saturated heterocycles. The Morgan fingerprint density at radius 3 is 2.41 bits per heavy atom. The van der Waals surface area contributed by atoms with E-state index in [4.69, 9.17) is 9.63 Å². The van der Waals surface area contributed by atoms with Crippen LogP contribution in [0.3, 0.4) is 0 Å². The van der Waals surface area contributed by atoms with E-state index in [9.17, 15) is 9.59 Å². The molecule has 2 heterocycles. The Balaban J connectivity index is 2.00. The normalized spacial score (nSPS) is 12.0. The van der Waals surface area contributed by atoms with Crippen molar-refractivity contribution in [1.82, 2.24) is 20.4 Å². The lowest BCUT2D eigenvalue weighted by Gasteiger charge is -2.13. The molecule has 1 unspecified atom stereocenters. The van der Waals surface area contributed by atoms with Crippen molar-refractivity contribution in [2.24, 2.45) is 0 Å². The van der Waals surface area contributed by atoms with E-state index in [0.717, 1.165) is 29.4 Å². The van der Waals surface area contributed by atoms with E-state index in [1.165, 1.54) is 0 Å². The number of carbonyl (C=O) groups is 2. The lowest BCUT2D eigenvalue weighted by atomic mass is 10.1. The number of nitrogens with one attached hydrogen (secondary N) is 1. The molecular weight excluding hydrogens is 288 g/mol. The van der Waals surface area contributed by atoms with Gasteiger partial charge in [-0.2, -0.15) is 0 Å². The first-order valence-corrected chi connectivity index (χ1v) is 6.66. The van der Waals surface area contributed by atoms with Crippen LogP contribution in [0.5, 0.6) is 0 Å². The van der Waals surface area contributed by atoms with Crippen molar-refractivity contribution in [3.8, 4) is 0 Å². The van der Waals surface area contributed by atoms with Gasteiger partial charge in [0.15, 0.2) is 5.69 Å². The first kappa shape index (κ1) is 15.6. The third-order valence-corrected chi connectivity index (χ3v) is 3.17. The number of nitrogens with zero attached hydrogens (tertiary/aromatic N) is 3. The second-order valence-corrected chi connectivity index (χ2v) is 4.97. The molecule has 2 aromatic heterocycles. The molecular formula is C14H16N4O4. The standard InChI is InChI=1S/C14H16N4O4/c1-7(4-10-8(2)18-22-9(10)3)17-13(19)11-5-16-12(6-15-11)14(20)21/h5-7H,4H2,1-3H3,(H,17,19)(H,20,21). The number of hydrogen-bond donors (Lipinski definition) is 2. The summed E-state index contributed by atoms with van der Waals surface area (Å²) >= 11 is 0. The third kappa shape index (κ3) is 3.46. The van der Waals surface area contributed by atoms with Gasteiger partial charge in [-0.3, -0.25) is 4.79 Å². The maximum Gasteiger partial charge on any atom is 0.356 e. The van der Waals surface area contributed by atoms with Gasteiger partial charge >= 0.3 is 5.97 Å². The van der Waals surface area contributed by atoms with Crippen LogP contribution in [-0.4, -0.2) is 38.1 Å². The Hall–Kier alpha value is -2.77. The molecule has 1 atom stereocenters. The highest BCUT2D eigenvalue weighted by molar-refractivity contribution is 5.92. The maximum atomic E-state index is 12.0. The zero-order valence-corrected chi connectivity index (χ0v) is 12.5. The van der Waals surface area contributed by atoms with Gasteiger partial charge in [0.05, 0.1) is 18.1 Å². The monoisotopic (exact) mass is 304 g/mol. The van der Waals surface area contributed by atoms with E-state index < -0.39 is 11.9 Å². The van der Waals surface area contributed by atoms with Crippen LogP contribution in [0.2, 0.25) is 0 Å². The number of aromatic nitrogens is 3. The van der Waals surface area contributed by atoms with Gasteiger partial charge in [0.2, 0.25) is 0 Å². The summed E-state index contributed by atoms with van der Waals surface area (Å²) in [5, 5.41) is 15.4. The molecule has 8 heteroatoms. The highest BCUT2D eigenvalue weighted by Gasteiger charge is 2.17. The molecule has 0 saturated carbocycles. The molecule has 2 aromatic rings. The number of amides is 1. The minimum absolute atomic E-state index is 0.0654. The van der Waals surface area contributed by atoms with Gasteiger partial charge in [0.25, 0.3) is 5.91 Å². The van der Waals surface area contributed by atoms with Gasteiger partial charge in [-0.05, 0) is 27.2 Å². The van der Waals surface area contributed by atoms with Crippen molar-refractivity contribution in [2.75, 3.05) is 0 Å². The van der Waals surface area contributed by atoms with Gasteiger partial charge in [-0.15, -0.1) is 0 Å². The quantitative estimate of drug-likeness (QED) is 0.850. The van der Waals surface area contributed by atoms with E-state index in [1.54, 1.807) is 0 Å². The summed E-state index contributed by atoms with van der Waals surface area (Å²) < 4.78 is 5.08. The van der Waals surface area contributed by atoms with Crippen LogP contribution in [0.1, 0.15) is 44.9 Å². The molecule has 22 heavy (non-hydrogen) atoms. The number of carboxylic acids is 1. The average molecular weight is 304 g/mol. The third-order valence-electron chi connectivity index (χ3n) is 3.17. The predicted molar refractivity (Wildman–Crippen MR) is 75.6 cm³/mol. The zero-order chi connectivity index (χ0) is 16.3. The number of hydrogen-bond acceptors (Lipinski definition) is 6. The lowest BCUT2D eigenvalue weighted by molar-refractivity contribution is 0.0689.